The summed E-state index contributed by atoms with van der Waals surface area (Å²) in [6.45, 7) is 0. The van der Waals surface area contributed by atoms with Gasteiger partial charge >= 0.3 is 7.40 Å². The Morgan fingerprint density at radius 3 is 1.15 bits per heavy atom. The number of rotatable bonds is 4. The Labute approximate surface area is 442 Å². The minimum absolute atomic E-state index is 0.0158. The second-order valence-corrected chi connectivity index (χ2v) is 19.7. The summed E-state index contributed by atoms with van der Waals surface area (Å²) in [5, 5.41) is 12.6. The molecule has 0 N–H and O–H groups in total. The van der Waals surface area contributed by atoms with Crippen LogP contribution in [0.25, 0.3) is 131 Å². The van der Waals surface area contributed by atoms with Gasteiger partial charge in [0.2, 0.25) is 0 Å². The minimum atomic E-state index is -3.04. The van der Waals surface area contributed by atoms with Crippen LogP contribution in [-0.4, -0.2) is 23.4 Å². The first-order valence-electron chi connectivity index (χ1n) is 25.8. The predicted molar refractivity (Wildman–Crippen MR) is 315 cm³/mol. The molecule has 0 spiro atoms. The van der Waals surface area contributed by atoms with Gasteiger partial charge in [0.15, 0.2) is 28.2 Å². The zero-order valence-electron chi connectivity index (χ0n) is 41.2. The number of amidine groups is 1. The Hall–Kier alpha value is -10.3. The summed E-state index contributed by atoms with van der Waals surface area (Å²) >= 11 is 0. The molecule has 0 fully saturated rings. The van der Waals surface area contributed by atoms with Gasteiger partial charge in [-0.05, 0) is 97.2 Å². The Morgan fingerprint density at radius 2 is 0.718 bits per heavy atom. The molecule has 78 heavy (non-hydrogen) atoms. The van der Waals surface area contributed by atoms with Crippen molar-refractivity contribution in [1.82, 2.24) is 4.48 Å². The smallest absolute Gasteiger partial charge is 0.453 e. The van der Waals surface area contributed by atoms with Gasteiger partial charge in [-0.15, -0.1) is 0 Å². The van der Waals surface area contributed by atoms with Crippen molar-refractivity contribution in [3.05, 3.63) is 247 Å². The quantitative estimate of drug-likeness (QED) is 0.165. The molecule has 0 aliphatic carbocycles. The number of benzene rings is 12. The highest BCUT2D eigenvalue weighted by molar-refractivity contribution is 6.44. The molecule has 0 unspecified atom stereocenters. The van der Waals surface area contributed by atoms with Crippen LogP contribution in [-0.2, 0) is 0 Å². The van der Waals surface area contributed by atoms with E-state index >= 15 is 8.63 Å². The van der Waals surface area contributed by atoms with Gasteiger partial charge in [0.1, 0.15) is 28.1 Å². The number of hydrogen-bond donors (Lipinski definition) is 0. The maximum absolute atomic E-state index is 16.5. The van der Waals surface area contributed by atoms with Crippen LogP contribution in [0, 0.1) is 0 Å². The monoisotopic (exact) mass is 1010 g/mol. The summed E-state index contributed by atoms with van der Waals surface area (Å²) in [6, 6.07) is 75.4. The Bertz CT molecular complexity index is 5260. The summed E-state index contributed by atoms with van der Waals surface area (Å²) in [6.07, 6.45) is 0. The molecular formula is C68H38BF2N3O4. The van der Waals surface area contributed by atoms with Crippen LogP contribution in [0.5, 0.6) is 0 Å². The Kier molecular flexibility index (Phi) is 9.66. The second-order valence-electron chi connectivity index (χ2n) is 19.7. The molecule has 366 valence electrons. The van der Waals surface area contributed by atoms with Crippen molar-refractivity contribution in [3.63, 3.8) is 0 Å². The van der Waals surface area contributed by atoms with E-state index < -0.39 is 7.40 Å². The van der Waals surface area contributed by atoms with Crippen molar-refractivity contribution in [2.45, 2.75) is 0 Å². The van der Waals surface area contributed by atoms with Crippen LogP contribution < -0.4 is 0 Å². The van der Waals surface area contributed by atoms with Gasteiger partial charge in [-0.1, -0.05) is 182 Å². The SMILES string of the molecule is FB(F)n1c(/N=C2\N=C(c3ccccc3)c3cc4oc5ccc6ccccc6c5c5c(ccc6ccccc65)oc4cc32)c2cc3oc4ccc5ccccc5c4c4c(ccc5ccccc54)oc3cc2c1-c1ccccc1. The molecule has 12 aromatic carbocycles. The van der Waals surface area contributed by atoms with Crippen molar-refractivity contribution < 1.29 is 26.3 Å². The van der Waals surface area contributed by atoms with Crippen LogP contribution in [0.15, 0.2) is 258 Å². The van der Waals surface area contributed by atoms with Crippen LogP contribution in [0.3, 0.4) is 0 Å². The van der Waals surface area contributed by atoms with Crippen molar-refractivity contribution in [2.24, 2.45) is 9.98 Å². The van der Waals surface area contributed by atoms with Crippen molar-refractivity contribution >= 4 is 145 Å². The average Bonchev–Trinajstić information content (AvgIpc) is 4.11. The van der Waals surface area contributed by atoms with Gasteiger partial charge in [-0.25, -0.2) is 9.98 Å². The molecule has 10 heteroatoms. The number of aliphatic imine (C=N–C) groups is 2. The molecule has 15 aromatic rings. The van der Waals surface area contributed by atoms with Crippen molar-refractivity contribution in [1.29, 1.82) is 0 Å². The summed E-state index contributed by atoms with van der Waals surface area (Å²) in [7, 11) is -3.04. The summed E-state index contributed by atoms with van der Waals surface area (Å²) in [5.74, 6) is 0.197. The first-order valence-corrected chi connectivity index (χ1v) is 25.8. The van der Waals surface area contributed by atoms with E-state index in [2.05, 4.69) is 60.7 Å². The summed E-state index contributed by atoms with van der Waals surface area (Å²) < 4.78 is 62.0. The molecule has 0 amide bonds. The van der Waals surface area contributed by atoms with Crippen LogP contribution in [0.1, 0.15) is 16.7 Å². The van der Waals surface area contributed by atoms with E-state index in [1.165, 1.54) is 0 Å². The Balaban J connectivity index is 1.02. The van der Waals surface area contributed by atoms with Crippen molar-refractivity contribution in [2.75, 3.05) is 0 Å². The minimum Gasteiger partial charge on any atom is -0.453 e. The molecule has 16 rings (SSSR count). The molecule has 7 nitrogen and oxygen atoms in total. The second kappa shape index (κ2) is 17.1. The molecule has 1 aliphatic heterocycles. The van der Waals surface area contributed by atoms with Crippen molar-refractivity contribution in [3.8, 4) is 11.3 Å². The predicted octanol–water partition coefficient (Wildman–Crippen LogP) is 19.2. The van der Waals surface area contributed by atoms with E-state index in [9.17, 15) is 0 Å². The van der Waals surface area contributed by atoms with Gasteiger partial charge < -0.3 is 22.1 Å². The first-order chi connectivity index (χ1) is 38.5. The fraction of sp³-hybridized carbons (Fsp3) is 0. The lowest BCUT2D eigenvalue weighted by atomic mass is 9.98. The molecule has 0 saturated heterocycles. The highest BCUT2D eigenvalue weighted by Crippen LogP contribution is 2.45. The van der Waals surface area contributed by atoms with E-state index in [-0.39, 0.29) is 17.3 Å². The molecule has 4 heterocycles. The van der Waals surface area contributed by atoms with Gasteiger partial charge in [-0.3, -0.25) is 8.63 Å². The molecule has 0 atom stereocenters. The van der Waals surface area contributed by atoms with Gasteiger partial charge in [0.25, 0.3) is 0 Å². The number of halogens is 2. The maximum atomic E-state index is 16.5. The number of nitrogens with zero attached hydrogens (tertiary/aromatic N) is 3. The zero-order valence-corrected chi connectivity index (χ0v) is 41.2. The number of hydrogen-bond acceptors (Lipinski definition) is 5. The molecular weight excluding hydrogens is 972 g/mol. The third-order valence-corrected chi connectivity index (χ3v) is 15.3. The fourth-order valence-electron chi connectivity index (χ4n) is 11.8. The lowest BCUT2D eigenvalue weighted by Gasteiger charge is -2.11. The number of aromatic nitrogens is 1. The fourth-order valence-corrected chi connectivity index (χ4v) is 11.8. The maximum Gasteiger partial charge on any atom is 0.679 e. The largest absolute Gasteiger partial charge is 0.679 e. The van der Waals surface area contributed by atoms with Gasteiger partial charge in [0.05, 0.1) is 11.4 Å². The van der Waals surface area contributed by atoms with E-state index in [0.29, 0.717) is 77.8 Å². The lowest BCUT2D eigenvalue weighted by Crippen LogP contribution is -2.14. The molecule has 0 saturated carbocycles. The van der Waals surface area contributed by atoms with Crippen LogP contribution in [0.2, 0.25) is 0 Å². The van der Waals surface area contributed by atoms with Gasteiger partial charge in [-0.2, -0.15) is 0 Å². The van der Waals surface area contributed by atoms with E-state index in [4.69, 9.17) is 27.7 Å². The standard InChI is InChI=1S/C68H38BF2N3O4/c70-69(71)74-66(44-21-5-2-6-22-44)50-36-58-60(78-56-34-30-42-18-10-14-26-48(42)64(56)62-46-24-12-8-16-40(46)28-32-54(62)76-58)38-52(50)68(74)73-67-51-37-59-57(35-49(51)65(72-67)43-19-3-1-4-20-43)75-53-31-27-39-15-7-11-23-45(39)61(53)63-47-25-13-9-17-41(47)29-33-55(63)77-59/h1-38H/b73-67-. The third kappa shape index (κ3) is 6.76. The summed E-state index contributed by atoms with van der Waals surface area (Å²) in [5.41, 5.74) is 7.53. The highest BCUT2D eigenvalue weighted by Gasteiger charge is 2.32. The first kappa shape index (κ1) is 44.0. The molecule has 3 aromatic heterocycles. The van der Waals surface area contributed by atoms with Crippen LogP contribution in [0.4, 0.5) is 14.4 Å². The Morgan fingerprint density at radius 1 is 0.346 bits per heavy atom. The topological polar surface area (TPSA) is 82.2 Å². The third-order valence-electron chi connectivity index (χ3n) is 15.3. The van der Waals surface area contributed by atoms with E-state index in [1.54, 1.807) is 12.1 Å². The molecule has 0 bridgehead atoms. The zero-order chi connectivity index (χ0) is 51.6. The van der Waals surface area contributed by atoms with Gasteiger partial charge in [0, 0.05) is 49.0 Å². The average molecular weight is 1010 g/mol. The summed E-state index contributed by atoms with van der Waals surface area (Å²) in [4.78, 5) is 10.5. The van der Waals surface area contributed by atoms with E-state index in [1.807, 2.05) is 158 Å². The molecule has 1 aliphatic rings. The lowest BCUT2D eigenvalue weighted by molar-refractivity contribution is 0.619. The van der Waals surface area contributed by atoms with E-state index in [0.717, 1.165) is 74.7 Å². The highest BCUT2D eigenvalue weighted by atomic mass is 19.2. The van der Waals surface area contributed by atoms with Crippen LogP contribution >= 0.6 is 0 Å². The normalized spacial score (nSPS) is 13.1. The molecule has 0 radical (unpaired) electrons. The number of fused-ring (bicyclic) bond motifs is 18.